The van der Waals surface area contributed by atoms with Crippen LogP contribution in [0.1, 0.15) is 0 Å². The molecule has 1 aliphatic heterocycles. The third kappa shape index (κ3) is 3.47. The topological polar surface area (TPSA) is 70.0 Å². The third-order valence-electron chi connectivity index (χ3n) is 5.05. The number of carbonyl (C=O) groups is 2. The third-order valence-corrected chi connectivity index (χ3v) is 6.02. The van der Waals surface area contributed by atoms with Crippen LogP contribution in [0.15, 0.2) is 101 Å². The minimum absolute atomic E-state index is 0.124. The molecule has 1 fully saturated rings. The highest BCUT2D eigenvalue weighted by molar-refractivity contribution is 8.19. The molecule has 0 unspecified atom stereocenters. The Hall–Kier alpha value is -3.90. The zero-order valence-corrected chi connectivity index (χ0v) is 17.0. The fourth-order valence-corrected chi connectivity index (χ4v) is 4.64. The number of fused-ring (bicyclic) bond motifs is 2. The van der Waals surface area contributed by atoms with Gasteiger partial charge in [0.2, 0.25) is 0 Å². The van der Waals surface area contributed by atoms with Crippen molar-refractivity contribution in [3.63, 3.8) is 0 Å². The van der Waals surface area contributed by atoms with Gasteiger partial charge in [-0.1, -0.05) is 72.8 Å². The number of carbonyl (C=O) groups excluding carboxylic acids is 1. The summed E-state index contributed by atoms with van der Waals surface area (Å²) in [5.74, 6) is -1.57. The predicted molar refractivity (Wildman–Crippen MR) is 126 cm³/mol. The molecule has 0 aromatic heterocycles. The van der Waals surface area contributed by atoms with Crippen LogP contribution < -0.4 is 4.90 Å². The number of hydrogen-bond acceptors (Lipinski definition) is 4. The highest BCUT2D eigenvalue weighted by Gasteiger charge is 2.36. The Morgan fingerprint density at radius 1 is 0.839 bits per heavy atom. The smallest absolute Gasteiger partial charge is 0.329 e. The quantitative estimate of drug-likeness (QED) is 0.427. The maximum absolute atomic E-state index is 13.2. The van der Waals surface area contributed by atoms with E-state index in [2.05, 4.69) is 0 Å². The molecule has 4 aromatic rings. The summed E-state index contributed by atoms with van der Waals surface area (Å²) in [6, 6.07) is 27.2. The minimum Gasteiger partial charge on any atom is -0.478 e. The molecule has 0 aliphatic carbocycles. The molecule has 1 heterocycles. The Morgan fingerprint density at radius 3 is 2.19 bits per heavy atom. The Bertz CT molecular complexity index is 1410. The molecule has 150 valence electrons. The Morgan fingerprint density at radius 2 is 1.45 bits per heavy atom. The van der Waals surface area contributed by atoms with Crippen molar-refractivity contribution in [1.82, 2.24) is 0 Å². The van der Waals surface area contributed by atoms with Crippen molar-refractivity contribution in [2.24, 2.45) is 4.99 Å². The Labute approximate surface area is 182 Å². The van der Waals surface area contributed by atoms with Crippen LogP contribution in [0.2, 0.25) is 0 Å². The van der Waals surface area contributed by atoms with E-state index < -0.39 is 11.9 Å². The zero-order chi connectivity index (χ0) is 21.4. The predicted octanol–water partition coefficient (Wildman–Crippen LogP) is 5.73. The molecule has 1 saturated heterocycles. The van der Waals surface area contributed by atoms with Crippen molar-refractivity contribution in [2.75, 3.05) is 4.90 Å². The molecule has 0 bridgehead atoms. The number of aliphatic carboxylic acids is 1. The van der Waals surface area contributed by atoms with Crippen molar-refractivity contribution in [1.29, 1.82) is 0 Å². The van der Waals surface area contributed by atoms with E-state index in [1.165, 1.54) is 4.90 Å². The summed E-state index contributed by atoms with van der Waals surface area (Å²) in [6.07, 6.45) is 0.941. The fourth-order valence-electron chi connectivity index (χ4n) is 3.69. The number of benzene rings is 4. The van der Waals surface area contributed by atoms with Gasteiger partial charge in [0.1, 0.15) is 0 Å². The molecule has 31 heavy (non-hydrogen) atoms. The first-order valence-corrected chi connectivity index (χ1v) is 10.4. The van der Waals surface area contributed by atoms with Crippen molar-refractivity contribution in [2.45, 2.75) is 0 Å². The van der Waals surface area contributed by atoms with E-state index in [1.807, 2.05) is 84.9 Å². The molecule has 1 amide bonds. The van der Waals surface area contributed by atoms with Gasteiger partial charge in [-0.2, -0.15) is 0 Å². The average molecular weight is 424 g/mol. The van der Waals surface area contributed by atoms with Crippen molar-refractivity contribution in [3.8, 4) is 0 Å². The van der Waals surface area contributed by atoms with Gasteiger partial charge in [-0.05, 0) is 34.7 Å². The van der Waals surface area contributed by atoms with E-state index in [4.69, 9.17) is 4.99 Å². The highest BCUT2D eigenvalue weighted by Crippen LogP contribution is 2.40. The summed E-state index contributed by atoms with van der Waals surface area (Å²) in [5, 5.41) is 13.5. The van der Waals surface area contributed by atoms with Gasteiger partial charge in [0, 0.05) is 16.8 Å². The van der Waals surface area contributed by atoms with Crippen LogP contribution in [0.3, 0.4) is 0 Å². The number of hydrogen-bond donors (Lipinski definition) is 1. The lowest BCUT2D eigenvalue weighted by atomic mass is 10.1. The monoisotopic (exact) mass is 424 g/mol. The molecule has 5 nitrogen and oxygen atoms in total. The van der Waals surface area contributed by atoms with E-state index in [1.54, 1.807) is 0 Å². The first-order valence-electron chi connectivity index (χ1n) is 9.63. The zero-order valence-electron chi connectivity index (χ0n) is 16.2. The number of carboxylic acid groups (broad SMARTS) is 1. The molecule has 1 N–H and O–H groups in total. The molecule has 0 saturated carbocycles. The molecule has 0 atom stereocenters. The van der Waals surface area contributed by atoms with Gasteiger partial charge < -0.3 is 5.11 Å². The summed E-state index contributed by atoms with van der Waals surface area (Å²) < 4.78 is 0. The number of amidine groups is 1. The van der Waals surface area contributed by atoms with Crippen LogP contribution >= 0.6 is 11.8 Å². The van der Waals surface area contributed by atoms with Crippen LogP contribution in [0, 0.1) is 0 Å². The summed E-state index contributed by atoms with van der Waals surface area (Å²) in [7, 11) is 0. The average Bonchev–Trinajstić information content (AvgIpc) is 3.07. The second kappa shape index (κ2) is 7.74. The van der Waals surface area contributed by atoms with Crippen molar-refractivity contribution >= 4 is 61.7 Å². The standard InChI is InChI=1S/C25H16N2O3S/c28-23(29)15-22-24(30)27(21-14-6-10-17-8-2-4-12-19(17)21)25(31-22)26-20-13-5-9-16-7-1-3-11-18(16)20/h1-15H,(H,28,29). The van der Waals surface area contributed by atoms with E-state index in [9.17, 15) is 14.7 Å². The molecule has 0 spiro atoms. The number of amides is 1. The van der Waals surface area contributed by atoms with Crippen LogP contribution in [0.5, 0.6) is 0 Å². The largest absolute Gasteiger partial charge is 0.478 e. The van der Waals surface area contributed by atoms with Crippen molar-refractivity contribution in [3.05, 3.63) is 95.9 Å². The highest BCUT2D eigenvalue weighted by atomic mass is 32.2. The number of rotatable bonds is 3. The lowest BCUT2D eigenvalue weighted by Crippen LogP contribution is -2.29. The van der Waals surface area contributed by atoms with E-state index >= 15 is 0 Å². The van der Waals surface area contributed by atoms with Crippen LogP contribution in [-0.2, 0) is 9.59 Å². The first kappa shape index (κ1) is 19.1. The minimum atomic E-state index is -1.17. The van der Waals surface area contributed by atoms with Gasteiger partial charge in [-0.15, -0.1) is 0 Å². The summed E-state index contributed by atoms with van der Waals surface area (Å²) >= 11 is 1.07. The first-order chi connectivity index (χ1) is 15.1. The number of anilines is 1. The maximum atomic E-state index is 13.2. The summed E-state index contributed by atoms with van der Waals surface area (Å²) in [5.41, 5.74) is 1.39. The normalized spacial score (nSPS) is 16.6. The van der Waals surface area contributed by atoms with Crippen LogP contribution in [0.4, 0.5) is 11.4 Å². The summed E-state index contributed by atoms with van der Waals surface area (Å²) in [6.45, 7) is 0. The number of nitrogens with zero attached hydrogens (tertiary/aromatic N) is 2. The number of aliphatic imine (C=N–C) groups is 1. The van der Waals surface area contributed by atoms with E-state index in [0.29, 0.717) is 10.9 Å². The van der Waals surface area contributed by atoms with Gasteiger partial charge in [0.15, 0.2) is 5.17 Å². The SMILES string of the molecule is O=C(O)C=C1SC(=Nc2cccc3ccccc23)N(c2cccc3ccccc23)C1=O. The van der Waals surface area contributed by atoms with Gasteiger partial charge in [-0.25, -0.2) is 9.79 Å². The molecular formula is C25H16N2O3S. The van der Waals surface area contributed by atoms with Gasteiger partial charge in [0.05, 0.1) is 16.3 Å². The molecule has 4 aromatic carbocycles. The fraction of sp³-hybridized carbons (Fsp3) is 0. The van der Waals surface area contributed by atoms with E-state index in [0.717, 1.165) is 45.1 Å². The number of thioether (sulfide) groups is 1. The lowest BCUT2D eigenvalue weighted by Gasteiger charge is -2.18. The summed E-state index contributed by atoms with van der Waals surface area (Å²) in [4.78, 5) is 31.0. The van der Waals surface area contributed by atoms with Gasteiger partial charge in [-0.3, -0.25) is 9.69 Å². The lowest BCUT2D eigenvalue weighted by molar-refractivity contribution is -0.131. The van der Waals surface area contributed by atoms with Gasteiger partial charge in [0.25, 0.3) is 5.91 Å². The molecule has 1 aliphatic rings. The molecular weight excluding hydrogens is 408 g/mol. The molecule has 0 radical (unpaired) electrons. The second-order valence-electron chi connectivity index (χ2n) is 6.98. The van der Waals surface area contributed by atoms with E-state index in [-0.39, 0.29) is 4.91 Å². The van der Waals surface area contributed by atoms with Crippen LogP contribution in [-0.4, -0.2) is 22.2 Å². The Balaban J connectivity index is 1.73. The maximum Gasteiger partial charge on any atom is 0.329 e. The number of carboxylic acids is 1. The molecule has 6 heteroatoms. The molecule has 5 rings (SSSR count). The Kier molecular flexibility index (Phi) is 4.76. The second-order valence-corrected chi connectivity index (χ2v) is 7.99. The van der Waals surface area contributed by atoms with Crippen LogP contribution in [0.25, 0.3) is 21.5 Å². The van der Waals surface area contributed by atoms with Crippen molar-refractivity contribution < 1.29 is 14.7 Å². The van der Waals surface area contributed by atoms with Gasteiger partial charge >= 0.3 is 5.97 Å².